The van der Waals surface area contributed by atoms with Gasteiger partial charge >= 0.3 is 0 Å². The van der Waals surface area contributed by atoms with E-state index in [-0.39, 0.29) is 23.5 Å². The third-order valence-electron chi connectivity index (χ3n) is 3.81. The predicted molar refractivity (Wildman–Crippen MR) is 83.5 cm³/mol. The smallest absolute Gasteiger partial charge is 0.226 e. The molecule has 0 radical (unpaired) electrons. The SMILES string of the molecule is CS(=O)(=O)c1ccc(OCCC(=O)N2CCCC2CN)cc1. The molecule has 0 saturated carbocycles. The lowest BCUT2D eigenvalue weighted by Crippen LogP contribution is -2.40. The molecule has 1 aliphatic heterocycles. The molecule has 1 aromatic rings. The molecule has 1 fully saturated rings. The number of likely N-dealkylation sites (tertiary alicyclic amines) is 1. The van der Waals surface area contributed by atoms with Crippen LogP contribution in [-0.2, 0) is 14.6 Å². The Morgan fingerprint density at radius 2 is 2.05 bits per heavy atom. The molecule has 1 amide bonds. The van der Waals surface area contributed by atoms with Crippen LogP contribution in [0, 0.1) is 0 Å². The van der Waals surface area contributed by atoms with Crippen molar-refractivity contribution >= 4 is 15.7 Å². The van der Waals surface area contributed by atoms with Crippen LogP contribution >= 0.6 is 0 Å². The summed E-state index contributed by atoms with van der Waals surface area (Å²) in [5, 5.41) is 0. The van der Waals surface area contributed by atoms with Crippen molar-refractivity contribution < 1.29 is 17.9 Å². The molecule has 0 aliphatic carbocycles. The predicted octanol–water partition coefficient (Wildman–Crippen LogP) is 0.809. The highest BCUT2D eigenvalue weighted by Crippen LogP contribution is 2.18. The second-order valence-corrected chi connectivity index (χ2v) is 7.48. The highest BCUT2D eigenvalue weighted by atomic mass is 32.2. The van der Waals surface area contributed by atoms with Crippen molar-refractivity contribution in [1.82, 2.24) is 4.90 Å². The summed E-state index contributed by atoms with van der Waals surface area (Å²) in [5.41, 5.74) is 5.66. The van der Waals surface area contributed by atoms with Gasteiger partial charge in [0.2, 0.25) is 5.91 Å². The van der Waals surface area contributed by atoms with Gasteiger partial charge in [0.15, 0.2) is 9.84 Å². The molecule has 0 aromatic heterocycles. The van der Waals surface area contributed by atoms with E-state index in [0.717, 1.165) is 25.6 Å². The van der Waals surface area contributed by atoms with Gasteiger partial charge in [-0.15, -0.1) is 0 Å². The van der Waals surface area contributed by atoms with E-state index in [1.165, 1.54) is 12.1 Å². The Balaban J connectivity index is 1.82. The van der Waals surface area contributed by atoms with Crippen molar-refractivity contribution in [3.8, 4) is 5.75 Å². The maximum absolute atomic E-state index is 12.1. The first kappa shape index (κ1) is 16.8. The number of hydrogen-bond donors (Lipinski definition) is 1. The molecule has 1 aromatic carbocycles. The fourth-order valence-corrected chi connectivity index (χ4v) is 3.22. The minimum Gasteiger partial charge on any atom is -0.493 e. The molecule has 0 spiro atoms. The zero-order valence-corrected chi connectivity index (χ0v) is 13.5. The van der Waals surface area contributed by atoms with E-state index in [1.54, 1.807) is 12.1 Å². The topological polar surface area (TPSA) is 89.7 Å². The van der Waals surface area contributed by atoms with Crippen molar-refractivity contribution in [3.05, 3.63) is 24.3 Å². The number of sulfone groups is 1. The fraction of sp³-hybridized carbons (Fsp3) is 0.533. The number of amides is 1. The quantitative estimate of drug-likeness (QED) is 0.835. The third kappa shape index (κ3) is 4.20. The number of nitrogens with two attached hydrogens (primary N) is 1. The number of carbonyl (C=O) groups excluding carboxylic acids is 1. The van der Waals surface area contributed by atoms with Gasteiger partial charge in [0.1, 0.15) is 5.75 Å². The number of carbonyl (C=O) groups is 1. The van der Waals surface area contributed by atoms with E-state index in [9.17, 15) is 13.2 Å². The van der Waals surface area contributed by atoms with E-state index in [0.29, 0.717) is 18.7 Å². The zero-order valence-electron chi connectivity index (χ0n) is 12.7. The summed E-state index contributed by atoms with van der Waals surface area (Å²) in [4.78, 5) is 14.2. The van der Waals surface area contributed by atoms with Crippen molar-refractivity contribution in [2.75, 3.05) is 26.0 Å². The van der Waals surface area contributed by atoms with Crippen LogP contribution in [0.4, 0.5) is 0 Å². The van der Waals surface area contributed by atoms with Gasteiger partial charge < -0.3 is 15.4 Å². The van der Waals surface area contributed by atoms with E-state index in [4.69, 9.17) is 10.5 Å². The average molecular weight is 326 g/mol. The second kappa shape index (κ2) is 7.11. The van der Waals surface area contributed by atoms with Crippen LogP contribution in [-0.4, -0.2) is 51.2 Å². The van der Waals surface area contributed by atoms with Gasteiger partial charge in [-0.3, -0.25) is 4.79 Å². The Hall–Kier alpha value is -1.60. The maximum Gasteiger partial charge on any atom is 0.226 e. The number of hydrogen-bond acceptors (Lipinski definition) is 5. The van der Waals surface area contributed by atoms with Gasteiger partial charge in [0.25, 0.3) is 0 Å². The largest absolute Gasteiger partial charge is 0.493 e. The molecule has 1 heterocycles. The number of ether oxygens (including phenoxy) is 1. The number of rotatable bonds is 6. The standard InChI is InChI=1S/C15H22N2O4S/c1-22(19,20)14-6-4-13(5-7-14)21-10-8-15(18)17-9-2-3-12(17)11-16/h4-7,12H,2-3,8-11,16H2,1H3. The Bertz CT molecular complexity index is 613. The minimum absolute atomic E-state index is 0.0562. The molecular weight excluding hydrogens is 304 g/mol. The van der Waals surface area contributed by atoms with Gasteiger partial charge in [-0.25, -0.2) is 8.42 Å². The van der Waals surface area contributed by atoms with Gasteiger partial charge in [-0.2, -0.15) is 0 Å². The second-order valence-electron chi connectivity index (χ2n) is 5.46. The molecule has 1 atom stereocenters. The number of nitrogens with zero attached hydrogens (tertiary/aromatic N) is 1. The molecular formula is C15H22N2O4S. The average Bonchev–Trinajstić information content (AvgIpc) is 2.95. The lowest BCUT2D eigenvalue weighted by atomic mass is 10.2. The maximum atomic E-state index is 12.1. The Kier molecular flexibility index (Phi) is 5.42. The van der Waals surface area contributed by atoms with Crippen LogP contribution in [0.2, 0.25) is 0 Å². The van der Waals surface area contributed by atoms with E-state index in [2.05, 4.69) is 0 Å². The van der Waals surface area contributed by atoms with Gasteiger partial charge in [0.05, 0.1) is 17.9 Å². The summed E-state index contributed by atoms with van der Waals surface area (Å²) < 4.78 is 28.2. The summed E-state index contributed by atoms with van der Waals surface area (Å²) in [6, 6.07) is 6.34. The molecule has 1 aliphatic rings. The van der Waals surface area contributed by atoms with E-state index >= 15 is 0 Å². The molecule has 22 heavy (non-hydrogen) atoms. The third-order valence-corrected chi connectivity index (χ3v) is 4.93. The Labute approximate surface area is 131 Å². The van der Waals surface area contributed by atoms with Crippen molar-refractivity contribution in [3.63, 3.8) is 0 Å². The van der Waals surface area contributed by atoms with Gasteiger partial charge in [-0.05, 0) is 37.1 Å². The summed E-state index contributed by atoms with van der Waals surface area (Å²) in [7, 11) is -3.20. The first-order valence-corrected chi connectivity index (χ1v) is 9.23. The fourth-order valence-electron chi connectivity index (χ4n) is 2.59. The molecule has 0 bridgehead atoms. The van der Waals surface area contributed by atoms with Crippen LogP contribution in [0.15, 0.2) is 29.2 Å². The minimum atomic E-state index is -3.20. The van der Waals surface area contributed by atoms with Crippen molar-refractivity contribution in [1.29, 1.82) is 0 Å². The first-order chi connectivity index (χ1) is 10.4. The summed E-state index contributed by atoms with van der Waals surface area (Å²) in [6.07, 6.45) is 3.42. The molecule has 122 valence electrons. The molecule has 7 heteroatoms. The highest BCUT2D eigenvalue weighted by Gasteiger charge is 2.26. The van der Waals surface area contributed by atoms with Crippen LogP contribution in [0.5, 0.6) is 5.75 Å². The number of benzene rings is 1. The van der Waals surface area contributed by atoms with Crippen LogP contribution in [0.1, 0.15) is 19.3 Å². The Morgan fingerprint density at radius 3 is 2.64 bits per heavy atom. The van der Waals surface area contributed by atoms with Crippen LogP contribution in [0.25, 0.3) is 0 Å². The monoisotopic (exact) mass is 326 g/mol. The van der Waals surface area contributed by atoms with Crippen molar-refractivity contribution in [2.24, 2.45) is 5.73 Å². The van der Waals surface area contributed by atoms with Gasteiger partial charge in [-0.1, -0.05) is 0 Å². The lowest BCUT2D eigenvalue weighted by Gasteiger charge is -2.23. The summed E-state index contributed by atoms with van der Waals surface area (Å²) in [5.74, 6) is 0.609. The molecule has 1 unspecified atom stereocenters. The van der Waals surface area contributed by atoms with Gasteiger partial charge in [0, 0.05) is 25.4 Å². The van der Waals surface area contributed by atoms with E-state index in [1.807, 2.05) is 4.90 Å². The van der Waals surface area contributed by atoms with E-state index < -0.39 is 9.84 Å². The normalized spacial score (nSPS) is 18.5. The lowest BCUT2D eigenvalue weighted by molar-refractivity contribution is -0.132. The highest BCUT2D eigenvalue weighted by molar-refractivity contribution is 7.90. The molecule has 6 nitrogen and oxygen atoms in total. The van der Waals surface area contributed by atoms with Crippen LogP contribution in [0.3, 0.4) is 0 Å². The molecule has 2 rings (SSSR count). The van der Waals surface area contributed by atoms with Crippen molar-refractivity contribution in [2.45, 2.75) is 30.2 Å². The summed E-state index contributed by atoms with van der Waals surface area (Å²) >= 11 is 0. The van der Waals surface area contributed by atoms with Crippen LogP contribution < -0.4 is 10.5 Å². The molecule has 2 N–H and O–H groups in total. The molecule has 1 saturated heterocycles. The summed E-state index contributed by atoms with van der Waals surface area (Å²) in [6.45, 7) is 1.54. The zero-order chi connectivity index (χ0) is 16.2. The first-order valence-electron chi connectivity index (χ1n) is 7.34. The Morgan fingerprint density at radius 1 is 1.36 bits per heavy atom.